The van der Waals surface area contributed by atoms with Crippen molar-refractivity contribution in [1.82, 2.24) is 0 Å². The molecule has 0 saturated carbocycles. The van der Waals surface area contributed by atoms with Gasteiger partial charge in [0.25, 0.3) is 0 Å². The smallest absolute Gasteiger partial charge is 0.334 e. The van der Waals surface area contributed by atoms with E-state index in [2.05, 4.69) is 6.58 Å². The third-order valence-electron chi connectivity index (χ3n) is 4.47. The normalized spacial score (nSPS) is 47.3. The molecule has 1 fully saturated rings. The molecule has 4 N–H and O–H groups in total. The fourth-order valence-corrected chi connectivity index (χ4v) is 2.88. The first-order chi connectivity index (χ1) is 9.65. The molecule has 1 aliphatic heterocycles. The summed E-state index contributed by atoms with van der Waals surface area (Å²) in [7, 11) is 0. The van der Waals surface area contributed by atoms with Gasteiger partial charge in [-0.25, -0.2) is 4.79 Å². The molecular weight excluding hydrogens is 276 g/mol. The molecule has 0 radical (unpaired) electrons. The number of aliphatic hydroxyl groups excluding tert-OH is 3. The zero-order valence-electron chi connectivity index (χ0n) is 12.2. The summed E-state index contributed by atoms with van der Waals surface area (Å²) in [6.07, 6.45) is -2.58. The van der Waals surface area contributed by atoms with Crippen molar-refractivity contribution in [2.45, 2.75) is 56.7 Å². The number of carbonyl (C=O) groups is 1. The summed E-state index contributed by atoms with van der Waals surface area (Å²) in [6.45, 7) is 6.69. The highest BCUT2D eigenvalue weighted by molar-refractivity contribution is 5.91. The first-order valence-corrected chi connectivity index (χ1v) is 7.00. The van der Waals surface area contributed by atoms with Crippen molar-refractivity contribution in [3.8, 4) is 0 Å². The summed E-state index contributed by atoms with van der Waals surface area (Å²) in [6, 6.07) is 0. The van der Waals surface area contributed by atoms with E-state index in [0.717, 1.165) is 0 Å². The molecule has 21 heavy (non-hydrogen) atoms. The van der Waals surface area contributed by atoms with Crippen molar-refractivity contribution in [3.63, 3.8) is 0 Å². The van der Waals surface area contributed by atoms with Gasteiger partial charge in [0.05, 0.1) is 23.7 Å². The van der Waals surface area contributed by atoms with Crippen LogP contribution < -0.4 is 0 Å². The van der Waals surface area contributed by atoms with E-state index in [4.69, 9.17) is 4.74 Å². The van der Waals surface area contributed by atoms with E-state index in [9.17, 15) is 25.2 Å². The molecule has 6 nitrogen and oxygen atoms in total. The van der Waals surface area contributed by atoms with Crippen molar-refractivity contribution in [2.75, 3.05) is 0 Å². The Kier molecular flexibility index (Phi) is 4.26. The van der Waals surface area contributed by atoms with Crippen LogP contribution in [-0.4, -0.2) is 56.4 Å². The lowest BCUT2D eigenvalue weighted by atomic mass is 9.78. The van der Waals surface area contributed by atoms with E-state index in [0.29, 0.717) is 5.57 Å². The summed E-state index contributed by atoms with van der Waals surface area (Å²) in [5.74, 6) is -1.49. The molecule has 2 rings (SSSR count). The third-order valence-corrected chi connectivity index (χ3v) is 4.47. The average molecular weight is 298 g/mol. The fraction of sp³-hybridized carbons (Fsp3) is 0.667. The van der Waals surface area contributed by atoms with Crippen molar-refractivity contribution < 1.29 is 30.0 Å². The van der Waals surface area contributed by atoms with Gasteiger partial charge in [0, 0.05) is 5.57 Å². The molecule has 0 amide bonds. The van der Waals surface area contributed by atoms with Crippen LogP contribution in [0.25, 0.3) is 0 Å². The molecule has 2 aliphatic rings. The summed E-state index contributed by atoms with van der Waals surface area (Å²) in [5.41, 5.74) is -0.942. The molecule has 0 unspecified atom stereocenters. The van der Waals surface area contributed by atoms with E-state index < -0.39 is 41.9 Å². The van der Waals surface area contributed by atoms with E-state index >= 15 is 0 Å². The van der Waals surface area contributed by atoms with Crippen LogP contribution >= 0.6 is 0 Å². The number of fused-ring (bicyclic) bond motifs is 1. The predicted octanol–water partition coefficient (Wildman–Crippen LogP) is -0.342. The molecule has 1 saturated heterocycles. The number of aliphatic hydroxyl groups is 4. The van der Waals surface area contributed by atoms with E-state index in [-0.39, 0.29) is 18.4 Å². The molecular formula is C15H22O6. The number of carbonyl (C=O) groups excluding carboxylic acids is 1. The summed E-state index contributed by atoms with van der Waals surface area (Å²) in [4.78, 5) is 11.7. The minimum absolute atomic E-state index is 0.0569. The third kappa shape index (κ3) is 2.89. The van der Waals surface area contributed by atoms with Gasteiger partial charge in [-0.3, -0.25) is 0 Å². The highest BCUT2D eigenvalue weighted by Gasteiger charge is 2.48. The van der Waals surface area contributed by atoms with Crippen LogP contribution in [0.2, 0.25) is 0 Å². The maximum Gasteiger partial charge on any atom is 0.334 e. The van der Waals surface area contributed by atoms with Crippen molar-refractivity contribution in [1.29, 1.82) is 0 Å². The van der Waals surface area contributed by atoms with Crippen LogP contribution in [0.5, 0.6) is 0 Å². The Labute approximate surface area is 123 Å². The second kappa shape index (κ2) is 5.53. The lowest BCUT2D eigenvalue weighted by Crippen LogP contribution is -2.51. The minimum atomic E-state index is -1.59. The Hall–Kier alpha value is -1.21. The van der Waals surface area contributed by atoms with Gasteiger partial charge in [0.1, 0.15) is 12.2 Å². The lowest BCUT2D eigenvalue weighted by Gasteiger charge is -2.36. The van der Waals surface area contributed by atoms with Crippen LogP contribution in [-0.2, 0) is 9.53 Å². The van der Waals surface area contributed by atoms with Gasteiger partial charge in [-0.2, -0.15) is 0 Å². The highest BCUT2D eigenvalue weighted by Crippen LogP contribution is 2.36. The molecule has 118 valence electrons. The summed E-state index contributed by atoms with van der Waals surface area (Å²) < 4.78 is 5.14. The van der Waals surface area contributed by atoms with Crippen molar-refractivity contribution in [3.05, 3.63) is 23.8 Å². The Morgan fingerprint density at radius 2 is 2.00 bits per heavy atom. The monoisotopic (exact) mass is 298 g/mol. The largest absolute Gasteiger partial charge is 0.454 e. The lowest BCUT2D eigenvalue weighted by molar-refractivity contribution is -0.143. The Morgan fingerprint density at radius 3 is 2.62 bits per heavy atom. The molecule has 6 heteroatoms. The van der Waals surface area contributed by atoms with Crippen LogP contribution in [0, 0.1) is 5.92 Å². The van der Waals surface area contributed by atoms with Gasteiger partial charge in [-0.05, 0) is 38.3 Å². The first-order valence-electron chi connectivity index (χ1n) is 7.00. The Morgan fingerprint density at radius 1 is 1.38 bits per heavy atom. The summed E-state index contributed by atoms with van der Waals surface area (Å²) >= 11 is 0. The molecule has 1 heterocycles. The highest BCUT2D eigenvalue weighted by atomic mass is 16.6. The minimum Gasteiger partial charge on any atom is -0.454 e. The molecule has 0 aromatic carbocycles. The van der Waals surface area contributed by atoms with Crippen LogP contribution in [0.1, 0.15) is 26.7 Å². The molecule has 6 atom stereocenters. The van der Waals surface area contributed by atoms with Gasteiger partial charge in [-0.1, -0.05) is 6.58 Å². The maximum atomic E-state index is 11.7. The second-order valence-corrected chi connectivity index (χ2v) is 6.18. The van der Waals surface area contributed by atoms with Gasteiger partial charge < -0.3 is 25.2 Å². The SMILES string of the molecule is C=C1C(=O)O[C@@H]2/C=C(/C)[C@@H](O)CC[C@](C)(O)[C@H](O)[C@@H](O)[C@@H]12. The topological polar surface area (TPSA) is 107 Å². The zero-order valence-corrected chi connectivity index (χ0v) is 12.2. The maximum absolute atomic E-state index is 11.7. The van der Waals surface area contributed by atoms with Crippen LogP contribution in [0.4, 0.5) is 0 Å². The van der Waals surface area contributed by atoms with Gasteiger partial charge in [0.2, 0.25) is 0 Å². The number of rotatable bonds is 0. The number of hydrogen-bond acceptors (Lipinski definition) is 6. The standard InChI is InChI=1S/C15H22O6/c1-7-6-10-11(8(2)14(19)21-10)12(17)13(18)15(3,20)5-4-9(7)16/h6,9-13,16-18,20H,2,4-5H2,1,3H3/b7-6-/t9-,10+,11-,12-,13+,15-/m0/s1. The van der Waals surface area contributed by atoms with Crippen LogP contribution in [0.3, 0.4) is 0 Å². The van der Waals surface area contributed by atoms with E-state index in [1.165, 1.54) is 6.92 Å². The molecule has 0 aromatic rings. The van der Waals surface area contributed by atoms with Gasteiger partial charge in [0.15, 0.2) is 0 Å². The first kappa shape index (κ1) is 16.2. The van der Waals surface area contributed by atoms with E-state index in [1.807, 2.05) is 0 Å². The number of ether oxygens (including phenoxy) is 1. The number of esters is 1. The van der Waals surface area contributed by atoms with Gasteiger partial charge in [-0.15, -0.1) is 0 Å². The zero-order chi connectivity index (χ0) is 15.9. The Balaban J connectivity index is 2.45. The molecule has 0 bridgehead atoms. The van der Waals surface area contributed by atoms with Crippen molar-refractivity contribution in [2.24, 2.45) is 5.92 Å². The van der Waals surface area contributed by atoms with Crippen molar-refractivity contribution >= 4 is 5.97 Å². The predicted molar refractivity (Wildman–Crippen MR) is 74.1 cm³/mol. The number of hydrogen-bond donors (Lipinski definition) is 4. The molecule has 0 spiro atoms. The fourth-order valence-electron chi connectivity index (χ4n) is 2.88. The van der Waals surface area contributed by atoms with E-state index in [1.54, 1.807) is 13.0 Å². The Bertz CT molecular complexity index is 481. The van der Waals surface area contributed by atoms with Gasteiger partial charge >= 0.3 is 5.97 Å². The average Bonchev–Trinajstić information content (AvgIpc) is 2.68. The molecule has 1 aliphatic carbocycles. The summed E-state index contributed by atoms with van der Waals surface area (Å²) in [5, 5.41) is 40.9. The quantitative estimate of drug-likeness (QED) is 0.277. The van der Waals surface area contributed by atoms with Crippen LogP contribution in [0.15, 0.2) is 23.8 Å². The molecule has 0 aromatic heterocycles. The second-order valence-electron chi connectivity index (χ2n) is 6.18.